The SMILES string of the molecule is Cn1c(=O)[nH]c(=O)c2c1nc(Sc1nc3cc(Cl)c(Cl)cc3[nH]1)n2Cc1ccccc1. The van der Waals surface area contributed by atoms with Gasteiger partial charge >= 0.3 is 5.69 Å². The molecule has 5 aromatic rings. The maximum atomic E-state index is 12.7. The number of imidazole rings is 2. The van der Waals surface area contributed by atoms with E-state index in [1.54, 1.807) is 23.7 Å². The standard InChI is InChI=1S/C20H14Cl2N6O2S/c1-27-16-15(17(29)26-19(27)30)28(9-10-5-3-2-4-6-10)20(25-16)31-18-23-13-7-11(21)12(22)8-14(13)24-18/h2-8H,9H2,1H3,(H,23,24)(H,26,29,30). The van der Waals surface area contributed by atoms with Crippen LogP contribution in [0.25, 0.3) is 22.2 Å². The first kappa shape index (κ1) is 19.9. The summed E-state index contributed by atoms with van der Waals surface area (Å²) in [4.78, 5) is 39.4. The van der Waals surface area contributed by atoms with Gasteiger partial charge in [0.15, 0.2) is 21.5 Å². The number of halogens is 2. The fraction of sp³-hybridized carbons (Fsp3) is 0.100. The molecule has 0 bridgehead atoms. The van der Waals surface area contributed by atoms with Gasteiger partial charge < -0.3 is 9.55 Å². The number of aryl methyl sites for hydroxylation is 1. The Kier molecular flexibility index (Phi) is 4.88. The lowest BCUT2D eigenvalue weighted by Crippen LogP contribution is -2.29. The molecule has 0 aliphatic heterocycles. The molecular weight excluding hydrogens is 459 g/mol. The van der Waals surface area contributed by atoms with Crippen molar-refractivity contribution in [3.63, 3.8) is 0 Å². The molecule has 8 nitrogen and oxygen atoms in total. The molecule has 0 unspecified atom stereocenters. The molecule has 3 aromatic heterocycles. The van der Waals surface area contributed by atoms with E-state index in [0.29, 0.717) is 43.6 Å². The number of nitrogens with one attached hydrogen (secondary N) is 2. The molecule has 0 aliphatic rings. The quantitative estimate of drug-likeness (QED) is 0.414. The molecule has 156 valence electrons. The summed E-state index contributed by atoms with van der Waals surface area (Å²) < 4.78 is 3.10. The van der Waals surface area contributed by atoms with E-state index in [0.717, 1.165) is 11.1 Å². The zero-order valence-electron chi connectivity index (χ0n) is 16.0. The van der Waals surface area contributed by atoms with Crippen LogP contribution < -0.4 is 11.2 Å². The third-order valence-corrected chi connectivity index (χ3v) is 6.45. The number of hydrogen-bond acceptors (Lipinski definition) is 5. The minimum Gasteiger partial charge on any atom is -0.332 e. The van der Waals surface area contributed by atoms with Crippen molar-refractivity contribution < 1.29 is 0 Å². The summed E-state index contributed by atoms with van der Waals surface area (Å²) in [6, 6.07) is 13.1. The van der Waals surface area contributed by atoms with Crippen molar-refractivity contribution in [2.75, 3.05) is 0 Å². The molecule has 0 radical (unpaired) electrons. The number of nitrogens with zero attached hydrogens (tertiary/aromatic N) is 4. The number of benzene rings is 2. The molecule has 5 rings (SSSR count). The third kappa shape index (κ3) is 3.54. The zero-order chi connectivity index (χ0) is 21.7. The van der Waals surface area contributed by atoms with E-state index in [2.05, 4.69) is 19.9 Å². The van der Waals surface area contributed by atoms with Gasteiger partial charge in [-0.2, -0.15) is 0 Å². The largest absolute Gasteiger partial charge is 0.332 e. The number of rotatable bonds is 4. The Bertz CT molecular complexity index is 1530. The maximum absolute atomic E-state index is 12.7. The highest BCUT2D eigenvalue weighted by atomic mass is 35.5. The second-order valence-electron chi connectivity index (χ2n) is 6.88. The van der Waals surface area contributed by atoms with Crippen LogP contribution in [-0.2, 0) is 13.6 Å². The van der Waals surface area contributed by atoms with E-state index in [1.165, 1.54) is 16.3 Å². The lowest BCUT2D eigenvalue weighted by atomic mass is 10.2. The highest BCUT2D eigenvalue weighted by Gasteiger charge is 2.20. The molecule has 0 atom stereocenters. The molecule has 0 aliphatic carbocycles. The van der Waals surface area contributed by atoms with Crippen LogP contribution in [-0.4, -0.2) is 29.1 Å². The first-order valence-electron chi connectivity index (χ1n) is 9.17. The summed E-state index contributed by atoms with van der Waals surface area (Å²) in [5.41, 5.74) is 1.98. The Labute approximate surface area is 188 Å². The van der Waals surface area contributed by atoms with E-state index in [1.807, 2.05) is 30.3 Å². The van der Waals surface area contributed by atoms with Gasteiger partial charge in [0.2, 0.25) is 0 Å². The first-order chi connectivity index (χ1) is 14.9. The molecule has 3 heterocycles. The number of aromatic amines is 2. The van der Waals surface area contributed by atoms with E-state index in [4.69, 9.17) is 23.2 Å². The van der Waals surface area contributed by atoms with Gasteiger partial charge in [-0.05, 0) is 29.5 Å². The average molecular weight is 473 g/mol. The number of fused-ring (bicyclic) bond motifs is 2. The van der Waals surface area contributed by atoms with Crippen molar-refractivity contribution in [2.24, 2.45) is 7.05 Å². The Morgan fingerprint density at radius 3 is 2.55 bits per heavy atom. The van der Waals surface area contributed by atoms with E-state index in [9.17, 15) is 9.59 Å². The molecule has 0 spiro atoms. The summed E-state index contributed by atoms with van der Waals surface area (Å²) in [5, 5.41) is 1.91. The molecule has 0 saturated carbocycles. The normalized spacial score (nSPS) is 11.6. The fourth-order valence-corrected chi connectivity index (χ4v) is 4.52. The summed E-state index contributed by atoms with van der Waals surface area (Å²) in [6.45, 7) is 0.402. The van der Waals surface area contributed by atoms with Crippen molar-refractivity contribution >= 4 is 57.2 Å². The van der Waals surface area contributed by atoms with Crippen LogP contribution in [0.15, 0.2) is 62.4 Å². The lowest BCUT2D eigenvalue weighted by Gasteiger charge is -2.07. The van der Waals surface area contributed by atoms with Crippen LogP contribution in [0, 0.1) is 0 Å². The molecule has 0 amide bonds. The molecular formula is C20H14Cl2N6O2S. The van der Waals surface area contributed by atoms with Crippen LogP contribution in [0.5, 0.6) is 0 Å². The monoisotopic (exact) mass is 472 g/mol. The van der Waals surface area contributed by atoms with Gasteiger partial charge in [0.1, 0.15) is 0 Å². The van der Waals surface area contributed by atoms with E-state index < -0.39 is 11.2 Å². The molecule has 2 aromatic carbocycles. The second-order valence-corrected chi connectivity index (χ2v) is 8.65. The minimum atomic E-state index is -0.522. The predicted octanol–water partition coefficient (Wildman–Crippen LogP) is 3.81. The Morgan fingerprint density at radius 2 is 1.77 bits per heavy atom. The van der Waals surface area contributed by atoms with E-state index >= 15 is 0 Å². The number of aromatic nitrogens is 6. The smallest absolute Gasteiger partial charge is 0.329 e. The average Bonchev–Trinajstić information content (AvgIpc) is 3.29. The van der Waals surface area contributed by atoms with Crippen LogP contribution in [0.2, 0.25) is 10.0 Å². The van der Waals surface area contributed by atoms with Crippen LogP contribution >= 0.6 is 35.0 Å². The number of H-pyrrole nitrogens is 2. The minimum absolute atomic E-state index is 0.300. The van der Waals surface area contributed by atoms with Gasteiger partial charge in [0, 0.05) is 7.05 Å². The lowest BCUT2D eigenvalue weighted by molar-refractivity contribution is 0.726. The van der Waals surface area contributed by atoms with Crippen molar-refractivity contribution in [1.82, 2.24) is 29.1 Å². The number of hydrogen-bond donors (Lipinski definition) is 2. The van der Waals surface area contributed by atoms with E-state index in [-0.39, 0.29) is 0 Å². The topological polar surface area (TPSA) is 101 Å². The fourth-order valence-electron chi connectivity index (χ4n) is 3.32. The van der Waals surface area contributed by atoms with Gasteiger partial charge in [-0.1, -0.05) is 53.5 Å². The van der Waals surface area contributed by atoms with Crippen molar-refractivity contribution in [3.8, 4) is 0 Å². The van der Waals surface area contributed by atoms with Crippen molar-refractivity contribution in [1.29, 1.82) is 0 Å². The molecule has 0 fully saturated rings. The first-order valence-corrected chi connectivity index (χ1v) is 10.7. The summed E-state index contributed by atoms with van der Waals surface area (Å²) in [7, 11) is 1.57. The van der Waals surface area contributed by atoms with Gasteiger partial charge in [-0.3, -0.25) is 14.3 Å². The summed E-state index contributed by atoms with van der Waals surface area (Å²) in [6.07, 6.45) is 0. The Hall–Kier alpha value is -3.01. The van der Waals surface area contributed by atoms with Gasteiger partial charge in [-0.15, -0.1) is 0 Å². The molecule has 0 saturated heterocycles. The van der Waals surface area contributed by atoms with Gasteiger partial charge in [-0.25, -0.2) is 14.8 Å². The molecule has 2 N–H and O–H groups in total. The molecule has 31 heavy (non-hydrogen) atoms. The van der Waals surface area contributed by atoms with Crippen LogP contribution in [0.1, 0.15) is 5.56 Å². The second kappa shape index (κ2) is 7.60. The molecule has 11 heteroatoms. The zero-order valence-corrected chi connectivity index (χ0v) is 18.3. The van der Waals surface area contributed by atoms with Crippen molar-refractivity contribution in [2.45, 2.75) is 16.9 Å². The van der Waals surface area contributed by atoms with Crippen LogP contribution in [0.4, 0.5) is 0 Å². The van der Waals surface area contributed by atoms with Crippen LogP contribution in [0.3, 0.4) is 0 Å². The third-order valence-electron chi connectivity index (χ3n) is 4.85. The summed E-state index contributed by atoms with van der Waals surface area (Å²) >= 11 is 13.4. The highest BCUT2D eigenvalue weighted by Crippen LogP contribution is 2.32. The Morgan fingerprint density at radius 1 is 1.03 bits per heavy atom. The van der Waals surface area contributed by atoms with Crippen molar-refractivity contribution in [3.05, 3.63) is 78.9 Å². The predicted molar refractivity (Wildman–Crippen MR) is 121 cm³/mol. The summed E-state index contributed by atoms with van der Waals surface area (Å²) in [5.74, 6) is 0. The Balaban J connectivity index is 1.68. The highest BCUT2D eigenvalue weighted by molar-refractivity contribution is 7.99. The van der Waals surface area contributed by atoms with Gasteiger partial charge in [0.25, 0.3) is 5.56 Å². The maximum Gasteiger partial charge on any atom is 0.329 e. The van der Waals surface area contributed by atoms with Gasteiger partial charge in [0.05, 0.1) is 27.6 Å².